The predicted molar refractivity (Wildman–Crippen MR) is 258 cm³/mol. The Morgan fingerprint density at radius 2 is 0.534 bits per heavy atom. The third-order valence-electron chi connectivity index (χ3n) is 18.8. The molecule has 58 heavy (non-hydrogen) atoms. The molecule has 5 rings (SSSR count). The fourth-order valence-corrected chi connectivity index (χ4v) is 14.0. The van der Waals surface area contributed by atoms with Gasteiger partial charge in [0, 0.05) is 0 Å². The van der Waals surface area contributed by atoms with Crippen LogP contribution < -0.4 is 0 Å². The summed E-state index contributed by atoms with van der Waals surface area (Å²) >= 11 is 0. The van der Waals surface area contributed by atoms with Crippen LogP contribution in [0.3, 0.4) is 0 Å². The average Bonchev–Trinajstić information content (AvgIpc) is 3.19. The Kier molecular flexibility index (Phi) is 23.3. The molecule has 5 aliphatic rings. The van der Waals surface area contributed by atoms with Gasteiger partial charge in [-0.2, -0.15) is 0 Å². The first-order chi connectivity index (χ1) is 28.2. The first kappa shape index (κ1) is 48.8. The van der Waals surface area contributed by atoms with Crippen molar-refractivity contribution < 1.29 is 0 Å². The van der Waals surface area contributed by atoms with Gasteiger partial charge in [-0.3, -0.25) is 0 Å². The molecule has 0 saturated heterocycles. The van der Waals surface area contributed by atoms with Gasteiger partial charge in [0.15, 0.2) is 0 Å². The predicted octanol–water partition coefficient (Wildman–Crippen LogP) is 19.5. The highest BCUT2D eigenvalue weighted by molar-refractivity contribution is 5.11. The van der Waals surface area contributed by atoms with Crippen molar-refractivity contribution >= 4 is 0 Å². The second kappa shape index (κ2) is 27.7. The summed E-state index contributed by atoms with van der Waals surface area (Å²) in [4.78, 5) is 0. The van der Waals surface area contributed by atoms with E-state index in [2.05, 4.69) is 47.6 Å². The molecular formula is C58H106. The van der Waals surface area contributed by atoms with E-state index in [1.807, 2.05) is 5.57 Å². The Morgan fingerprint density at radius 1 is 0.259 bits per heavy atom. The minimum Gasteiger partial charge on any atom is -0.0848 e. The third-order valence-corrected chi connectivity index (χ3v) is 18.8. The zero-order valence-corrected chi connectivity index (χ0v) is 40.7. The van der Waals surface area contributed by atoms with E-state index in [9.17, 15) is 0 Å². The number of allylic oxidation sites excluding steroid dienone is 2. The molecule has 0 spiro atoms. The van der Waals surface area contributed by atoms with Crippen molar-refractivity contribution in [2.24, 2.45) is 76.9 Å². The highest BCUT2D eigenvalue weighted by Gasteiger charge is 2.34. The van der Waals surface area contributed by atoms with E-state index in [0.717, 1.165) is 76.9 Å². The maximum Gasteiger partial charge on any atom is -0.0203 e. The van der Waals surface area contributed by atoms with Crippen LogP contribution in [0, 0.1) is 76.9 Å². The molecule has 0 N–H and O–H groups in total. The lowest BCUT2D eigenvalue weighted by atomic mass is 9.66. The number of hydrogen-bond acceptors (Lipinski definition) is 0. The number of rotatable bonds is 0. The lowest BCUT2D eigenvalue weighted by Gasteiger charge is -2.40. The van der Waals surface area contributed by atoms with Gasteiger partial charge in [-0.1, -0.05) is 220 Å². The summed E-state index contributed by atoms with van der Waals surface area (Å²) in [5.74, 6) is 12.6. The molecule has 0 aromatic rings. The molecule has 0 radical (unpaired) electrons. The van der Waals surface area contributed by atoms with E-state index in [0.29, 0.717) is 0 Å². The summed E-state index contributed by atoms with van der Waals surface area (Å²) in [5.41, 5.74) is 1.96. The van der Waals surface area contributed by atoms with Crippen LogP contribution in [0.2, 0.25) is 0 Å². The fourth-order valence-electron chi connectivity index (χ4n) is 14.0. The van der Waals surface area contributed by atoms with E-state index in [1.165, 1.54) is 180 Å². The first-order valence-corrected chi connectivity index (χ1v) is 27.9. The number of hydrogen-bond donors (Lipinski definition) is 0. The first-order valence-electron chi connectivity index (χ1n) is 27.9. The normalized spacial score (nSPS) is 40.7. The Bertz CT molecular complexity index is 1070. The Hall–Kier alpha value is -0.260. The lowest BCUT2D eigenvalue weighted by Crippen LogP contribution is -2.28. The standard InChI is InChI=1S/C58H106/c1-45-17-11-9-15-21-53-35-39-57-43-41-55-37-33-51-19-13-7-8-14-20-52(51)34-38-56(55)42-44-58(57)40-36-54(53)22-16-10-12-18-46(2)24-26-48(4)28-30-50(6)32-31-49(5)29-27-47(3)25-23-45/h43,45-56,58H,7-42,44H2,1-6H3. The molecule has 4 saturated carbocycles. The summed E-state index contributed by atoms with van der Waals surface area (Å²) in [7, 11) is 0. The minimum atomic E-state index is 0.914. The molecule has 13 unspecified atom stereocenters. The van der Waals surface area contributed by atoms with Crippen LogP contribution in [0.25, 0.3) is 0 Å². The van der Waals surface area contributed by atoms with Gasteiger partial charge in [0.25, 0.3) is 0 Å². The van der Waals surface area contributed by atoms with E-state index in [4.69, 9.17) is 0 Å². The minimum absolute atomic E-state index is 0.914. The van der Waals surface area contributed by atoms with Gasteiger partial charge in [-0.15, -0.1) is 0 Å². The molecule has 0 bridgehead atoms. The lowest BCUT2D eigenvalue weighted by molar-refractivity contribution is 0.140. The van der Waals surface area contributed by atoms with E-state index in [-0.39, 0.29) is 0 Å². The van der Waals surface area contributed by atoms with Gasteiger partial charge in [-0.25, -0.2) is 0 Å². The van der Waals surface area contributed by atoms with Crippen molar-refractivity contribution in [1.82, 2.24) is 0 Å². The highest BCUT2D eigenvalue weighted by Crippen LogP contribution is 2.47. The molecule has 0 heteroatoms. The SMILES string of the molecule is CC1CCCCCC2CCC3=CCC4CCC5CCCCCCC5CCC4CCC3CCC2CCCCCC(C)CCC(C)CCC(C)CCC(C)CCC(C)CC1. The molecule has 13 atom stereocenters. The zero-order valence-electron chi connectivity index (χ0n) is 40.7. The van der Waals surface area contributed by atoms with Crippen LogP contribution in [0.4, 0.5) is 0 Å². The van der Waals surface area contributed by atoms with Crippen molar-refractivity contribution in [2.45, 2.75) is 279 Å². The van der Waals surface area contributed by atoms with Gasteiger partial charge in [0.2, 0.25) is 0 Å². The topological polar surface area (TPSA) is 0 Å². The largest absolute Gasteiger partial charge is 0.0848 e. The summed E-state index contributed by atoms with van der Waals surface area (Å²) in [5, 5.41) is 0. The maximum absolute atomic E-state index is 2.91. The maximum atomic E-state index is 2.91. The second-order valence-corrected chi connectivity index (χ2v) is 23.9. The van der Waals surface area contributed by atoms with E-state index >= 15 is 0 Å². The molecule has 0 aliphatic heterocycles. The van der Waals surface area contributed by atoms with Gasteiger partial charge in [-0.05, 0) is 148 Å². The van der Waals surface area contributed by atoms with Crippen molar-refractivity contribution in [1.29, 1.82) is 0 Å². The molecule has 4 fully saturated rings. The fraction of sp³-hybridized carbons (Fsp3) is 0.966. The summed E-state index contributed by atoms with van der Waals surface area (Å²) in [6.45, 7) is 15.4. The summed E-state index contributed by atoms with van der Waals surface area (Å²) < 4.78 is 0. The summed E-state index contributed by atoms with van der Waals surface area (Å²) in [6.07, 6.45) is 58.6. The molecular weight excluding hydrogens is 697 g/mol. The van der Waals surface area contributed by atoms with E-state index < -0.39 is 0 Å². The zero-order chi connectivity index (χ0) is 41.0. The summed E-state index contributed by atoms with van der Waals surface area (Å²) in [6, 6.07) is 0. The highest BCUT2D eigenvalue weighted by atomic mass is 14.4. The monoisotopic (exact) mass is 803 g/mol. The molecule has 338 valence electrons. The van der Waals surface area contributed by atoms with E-state index in [1.54, 1.807) is 57.8 Å². The van der Waals surface area contributed by atoms with Crippen molar-refractivity contribution in [3.05, 3.63) is 11.6 Å². The van der Waals surface area contributed by atoms with Crippen LogP contribution in [-0.2, 0) is 0 Å². The molecule has 0 aromatic heterocycles. The van der Waals surface area contributed by atoms with Crippen molar-refractivity contribution in [3.63, 3.8) is 0 Å². The van der Waals surface area contributed by atoms with Crippen molar-refractivity contribution in [3.8, 4) is 0 Å². The van der Waals surface area contributed by atoms with Gasteiger partial charge in [0.05, 0.1) is 0 Å². The van der Waals surface area contributed by atoms with Gasteiger partial charge >= 0.3 is 0 Å². The van der Waals surface area contributed by atoms with Crippen LogP contribution in [0.15, 0.2) is 11.6 Å². The van der Waals surface area contributed by atoms with Gasteiger partial charge in [0.1, 0.15) is 0 Å². The van der Waals surface area contributed by atoms with Crippen LogP contribution in [0.5, 0.6) is 0 Å². The number of fused-ring (bicyclic) bond motifs is 4. The average molecular weight is 803 g/mol. The Morgan fingerprint density at radius 3 is 0.931 bits per heavy atom. The van der Waals surface area contributed by atoms with Gasteiger partial charge < -0.3 is 0 Å². The van der Waals surface area contributed by atoms with Crippen LogP contribution >= 0.6 is 0 Å². The van der Waals surface area contributed by atoms with Crippen LogP contribution in [-0.4, -0.2) is 0 Å². The Balaban J connectivity index is 1.15. The molecule has 0 amide bonds. The third kappa shape index (κ3) is 18.2. The van der Waals surface area contributed by atoms with Crippen LogP contribution in [0.1, 0.15) is 279 Å². The smallest absolute Gasteiger partial charge is 0.0203 e. The molecule has 0 aromatic carbocycles. The second-order valence-electron chi connectivity index (χ2n) is 23.9. The molecule has 0 nitrogen and oxygen atoms in total. The molecule has 5 aliphatic carbocycles. The van der Waals surface area contributed by atoms with Crippen molar-refractivity contribution in [2.75, 3.05) is 0 Å². The quantitative estimate of drug-likeness (QED) is 0.214. The Labute approximate surface area is 366 Å². The molecule has 0 heterocycles.